The van der Waals surface area contributed by atoms with Crippen LogP contribution in [-0.4, -0.2) is 6.54 Å². The van der Waals surface area contributed by atoms with E-state index in [0.717, 1.165) is 23.0 Å². The zero-order chi connectivity index (χ0) is 13.5. The molecule has 0 aromatic heterocycles. The van der Waals surface area contributed by atoms with E-state index in [9.17, 15) is 4.39 Å². The first-order valence-electron chi connectivity index (χ1n) is 6.76. The standard InChI is InChI=1S/C15H23FIN/c1-4-8-18-15(9-11(3)5-2)13-7-6-12(16)10-14(13)17/h6-7,10-11,15,18H,4-5,8-9H2,1-3H3. The molecule has 2 unspecified atom stereocenters. The Hall–Kier alpha value is -0.160. The van der Waals surface area contributed by atoms with Crippen LogP contribution in [0, 0.1) is 15.3 Å². The van der Waals surface area contributed by atoms with Gasteiger partial charge in [0.05, 0.1) is 0 Å². The van der Waals surface area contributed by atoms with Crippen LogP contribution in [0.4, 0.5) is 4.39 Å². The molecule has 18 heavy (non-hydrogen) atoms. The third-order valence-corrected chi connectivity index (χ3v) is 4.25. The Balaban J connectivity index is 2.86. The van der Waals surface area contributed by atoms with Crippen molar-refractivity contribution in [3.05, 3.63) is 33.1 Å². The van der Waals surface area contributed by atoms with Crippen LogP contribution in [0.5, 0.6) is 0 Å². The Morgan fingerprint density at radius 3 is 2.61 bits per heavy atom. The van der Waals surface area contributed by atoms with Crippen molar-refractivity contribution in [2.45, 2.75) is 46.1 Å². The Labute approximate surface area is 124 Å². The van der Waals surface area contributed by atoms with Crippen molar-refractivity contribution >= 4 is 22.6 Å². The molecule has 0 saturated heterocycles. The van der Waals surface area contributed by atoms with Gasteiger partial charge in [0, 0.05) is 9.61 Å². The van der Waals surface area contributed by atoms with E-state index in [1.54, 1.807) is 12.1 Å². The molecule has 0 radical (unpaired) electrons. The summed E-state index contributed by atoms with van der Waals surface area (Å²) >= 11 is 2.23. The molecule has 0 fully saturated rings. The summed E-state index contributed by atoms with van der Waals surface area (Å²) in [6, 6.07) is 5.45. The lowest BCUT2D eigenvalue weighted by atomic mass is 9.94. The van der Waals surface area contributed by atoms with Crippen molar-refractivity contribution in [3.63, 3.8) is 0 Å². The third kappa shape index (κ3) is 4.84. The molecule has 0 spiro atoms. The van der Waals surface area contributed by atoms with Crippen LogP contribution in [-0.2, 0) is 0 Å². The lowest BCUT2D eigenvalue weighted by Crippen LogP contribution is -2.24. The highest BCUT2D eigenvalue weighted by atomic mass is 127. The number of hydrogen-bond donors (Lipinski definition) is 1. The van der Waals surface area contributed by atoms with Crippen LogP contribution in [0.1, 0.15) is 51.6 Å². The molecule has 1 aromatic carbocycles. The van der Waals surface area contributed by atoms with Crippen molar-refractivity contribution in [1.82, 2.24) is 5.32 Å². The molecule has 3 heteroatoms. The SMILES string of the molecule is CCCNC(CC(C)CC)c1ccc(F)cc1I. The predicted octanol–water partition coefficient (Wildman–Crippen LogP) is 4.91. The number of benzene rings is 1. The fourth-order valence-corrected chi connectivity index (χ4v) is 2.85. The largest absolute Gasteiger partial charge is 0.310 e. The molecule has 0 bridgehead atoms. The van der Waals surface area contributed by atoms with E-state index in [1.165, 1.54) is 12.0 Å². The van der Waals surface area contributed by atoms with Gasteiger partial charge in [-0.3, -0.25) is 0 Å². The summed E-state index contributed by atoms with van der Waals surface area (Å²) in [7, 11) is 0. The first kappa shape index (κ1) is 15.9. The normalized spacial score (nSPS) is 14.5. The van der Waals surface area contributed by atoms with Crippen molar-refractivity contribution in [1.29, 1.82) is 0 Å². The summed E-state index contributed by atoms with van der Waals surface area (Å²) in [5, 5.41) is 3.58. The summed E-state index contributed by atoms with van der Waals surface area (Å²) in [5.74, 6) is 0.529. The zero-order valence-corrected chi connectivity index (χ0v) is 13.6. The van der Waals surface area contributed by atoms with E-state index in [2.05, 4.69) is 48.7 Å². The van der Waals surface area contributed by atoms with Gasteiger partial charge >= 0.3 is 0 Å². The molecule has 102 valence electrons. The quantitative estimate of drug-likeness (QED) is 0.679. The topological polar surface area (TPSA) is 12.0 Å². The zero-order valence-electron chi connectivity index (χ0n) is 11.5. The van der Waals surface area contributed by atoms with Gasteiger partial charge in [0.15, 0.2) is 0 Å². The smallest absolute Gasteiger partial charge is 0.124 e. The van der Waals surface area contributed by atoms with Gasteiger partial charge in [-0.1, -0.05) is 33.3 Å². The summed E-state index contributed by atoms with van der Waals surface area (Å²) in [6.45, 7) is 7.67. The average molecular weight is 363 g/mol. The van der Waals surface area contributed by atoms with Crippen molar-refractivity contribution < 1.29 is 4.39 Å². The van der Waals surface area contributed by atoms with E-state index < -0.39 is 0 Å². The molecular formula is C15H23FIN. The number of nitrogens with one attached hydrogen (secondary N) is 1. The van der Waals surface area contributed by atoms with E-state index in [-0.39, 0.29) is 5.82 Å². The lowest BCUT2D eigenvalue weighted by molar-refractivity contribution is 0.401. The molecule has 0 aliphatic heterocycles. The van der Waals surface area contributed by atoms with Gasteiger partial charge < -0.3 is 5.32 Å². The highest BCUT2D eigenvalue weighted by Crippen LogP contribution is 2.27. The number of halogens is 2. The highest BCUT2D eigenvalue weighted by Gasteiger charge is 2.16. The fourth-order valence-electron chi connectivity index (χ4n) is 1.99. The van der Waals surface area contributed by atoms with Crippen LogP contribution in [0.25, 0.3) is 0 Å². The minimum atomic E-state index is -0.152. The third-order valence-electron chi connectivity index (χ3n) is 3.31. The summed E-state index contributed by atoms with van der Waals surface area (Å²) in [6.07, 6.45) is 3.41. The van der Waals surface area contributed by atoms with Crippen molar-refractivity contribution in [3.8, 4) is 0 Å². The van der Waals surface area contributed by atoms with Gasteiger partial charge in [-0.25, -0.2) is 4.39 Å². The van der Waals surface area contributed by atoms with Crippen LogP contribution >= 0.6 is 22.6 Å². The summed E-state index contributed by atoms with van der Waals surface area (Å²) in [5.41, 5.74) is 1.23. The van der Waals surface area contributed by atoms with Gasteiger partial charge in [-0.2, -0.15) is 0 Å². The molecule has 1 rings (SSSR count). The molecule has 0 saturated carbocycles. The van der Waals surface area contributed by atoms with Gasteiger partial charge in [-0.15, -0.1) is 0 Å². The molecule has 1 N–H and O–H groups in total. The maximum Gasteiger partial charge on any atom is 0.124 e. The Kier molecular flexibility index (Phi) is 7.15. The van der Waals surface area contributed by atoms with E-state index in [0.29, 0.717) is 12.0 Å². The Morgan fingerprint density at radius 2 is 2.06 bits per heavy atom. The van der Waals surface area contributed by atoms with Crippen LogP contribution in [0.15, 0.2) is 18.2 Å². The summed E-state index contributed by atoms with van der Waals surface area (Å²) in [4.78, 5) is 0. The molecular weight excluding hydrogens is 340 g/mol. The fraction of sp³-hybridized carbons (Fsp3) is 0.600. The second-order valence-corrected chi connectivity index (χ2v) is 6.08. The minimum Gasteiger partial charge on any atom is -0.310 e. The maximum atomic E-state index is 13.2. The molecule has 0 amide bonds. The number of hydrogen-bond acceptors (Lipinski definition) is 1. The Morgan fingerprint density at radius 1 is 1.33 bits per heavy atom. The van der Waals surface area contributed by atoms with Gasteiger partial charge in [0.25, 0.3) is 0 Å². The van der Waals surface area contributed by atoms with Crippen LogP contribution in [0.3, 0.4) is 0 Å². The average Bonchev–Trinajstić information content (AvgIpc) is 2.34. The molecule has 0 aliphatic rings. The molecule has 0 aliphatic carbocycles. The van der Waals surface area contributed by atoms with E-state index in [1.807, 2.05) is 6.07 Å². The Bertz CT molecular complexity index is 368. The monoisotopic (exact) mass is 363 g/mol. The predicted molar refractivity (Wildman–Crippen MR) is 84.2 cm³/mol. The van der Waals surface area contributed by atoms with Gasteiger partial charge in [0.2, 0.25) is 0 Å². The van der Waals surface area contributed by atoms with Crippen molar-refractivity contribution in [2.24, 2.45) is 5.92 Å². The van der Waals surface area contributed by atoms with Gasteiger partial charge in [-0.05, 0) is 65.6 Å². The van der Waals surface area contributed by atoms with Gasteiger partial charge in [0.1, 0.15) is 5.82 Å². The second-order valence-electron chi connectivity index (χ2n) is 4.92. The molecule has 2 atom stereocenters. The molecule has 1 nitrogen and oxygen atoms in total. The van der Waals surface area contributed by atoms with Crippen LogP contribution < -0.4 is 5.32 Å². The molecule has 0 heterocycles. The molecule has 1 aromatic rings. The minimum absolute atomic E-state index is 0.152. The highest BCUT2D eigenvalue weighted by molar-refractivity contribution is 14.1. The first-order chi connectivity index (χ1) is 8.58. The maximum absolute atomic E-state index is 13.2. The summed E-state index contributed by atoms with van der Waals surface area (Å²) < 4.78 is 14.2. The van der Waals surface area contributed by atoms with E-state index >= 15 is 0 Å². The number of rotatable bonds is 7. The second kappa shape index (κ2) is 8.10. The van der Waals surface area contributed by atoms with E-state index in [4.69, 9.17) is 0 Å². The lowest BCUT2D eigenvalue weighted by Gasteiger charge is -2.23. The van der Waals surface area contributed by atoms with Crippen LogP contribution in [0.2, 0.25) is 0 Å². The van der Waals surface area contributed by atoms with Crippen molar-refractivity contribution in [2.75, 3.05) is 6.54 Å². The first-order valence-corrected chi connectivity index (χ1v) is 7.84.